The first-order valence-corrected chi connectivity index (χ1v) is 9.03. The second kappa shape index (κ2) is 7.75. The van der Waals surface area contributed by atoms with E-state index in [0.717, 1.165) is 44.1 Å². The lowest BCUT2D eigenvalue weighted by molar-refractivity contribution is 0.0470. The number of alkyl halides is 2. The van der Waals surface area contributed by atoms with E-state index in [4.69, 9.17) is 0 Å². The number of hydrogen-bond donors (Lipinski definition) is 0. The maximum Gasteiger partial charge on any atom is 0.138 e. The van der Waals surface area contributed by atoms with Crippen molar-refractivity contribution in [2.24, 2.45) is 23.7 Å². The summed E-state index contributed by atoms with van der Waals surface area (Å²) in [5.41, 5.74) is 2.24. The van der Waals surface area contributed by atoms with Crippen LogP contribution in [-0.2, 0) is 0 Å². The highest BCUT2D eigenvalue weighted by Gasteiger charge is 2.42. The summed E-state index contributed by atoms with van der Waals surface area (Å²) in [6.45, 7) is 8.52. The first-order valence-electron chi connectivity index (χ1n) is 9.03. The zero-order valence-electron chi connectivity index (χ0n) is 14.6. The molecule has 2 aliphatic rings. The molecule has 2 rings (SSSR count). The predicted molar refractivity (Wildman–Crippen MR) is 90.3 cm³/mol. The Morgan fingerprint density at radius 3 is 2.55 bits per heavy atom. The molecule has 0 aromatic rings. The molecule has 0 N–H and O–H groups in total. The van der Waals surface area contributed by atoms with Gasteiger partial charge in [-0.3, -0.25) is 0 Å². The molecule has 0 bridgehead atoms. The lowest BCUT2D eigenvalue weighted by atomic mass is 9.71. The quantitative estimate of drug-likeness (QED) is 0.525. The van der Waals surface area contributed by atoms with E-state index in [1.807, 2.05) is 6.92 Å². The molecule has 5 atom stereocenters. The topological polar surface area (TPSA) is 0 Å². The Balaban J connectivity index is 2.01. The Bertz CT molecular complexity index is 421. The largest absolute Gasteiger partial charge is 0.244 e. The summed E-state index contributed by atoms with van der Waals surface area (Å²) in [5, 5.41) is 0. The van der Waals surface area contributed by atoms with Gasteiger partial charge in [0, 0.05) is 11.8 Å². The van der Waals surface area contributed by atoms with Gasteiger partial charge in [0.15, 0.2) is 0 Å². The second-order valence-corrected chi connectivity index (χ2v) is 7.92. The number of rotatable bonds is 4. The fourth-order valence-electron chi connectivity index (χ4n) is 3.89. The third-order valence-corrected chi connectivity index (χ3v) is 5.54. The average molecular weight is 310 g/mol. The molecule has 0 radical (unpaired) electrons. The lowest BCUT2D eigenvalue weighted by Gasteiger charge is -2.38. The van der Waals surface area contributed by atoms with E-state index >= 15 is 0 Å². The molecule has 0 nitrogen and oxygen atoms in total. The molecule has 0 amide bonds. The van der Waals surface area contributed by atoms with Gasteiger partial charge in [-0.25, -0.2) is 8.78 Å². The molecule has 2 aliphatic carbocycles. The monoisotopic (exact) mass is 310 g/mol. The van der Waals surface area contributed by atoms with Crippen molar-refractivity contribution in [3.8, 4) is 0 Å². The van der Waals surface area contributed by atoms with Gasteiger partial charge in [-0.15, -0.1) is 0 Å². The molecule has 0 aliphatic heterocycles. The minimum absolute atomic E-state index is 0.170. The zero-order valence-corrected chi connectivity index (χ0v) is 14.6. The molecular weight excluding hydrogens is 278 g/mol. The summed E-state index contributed by atoms with van der Waals surface area (Å²) in [4.78, 5) is 0. The highest BCUT2D eigenvalue weighted by atomic mass is 19.2. The van der Waals surface area contributed by atoms with Crippen molar-refractivity contribution in [2.75, 3.05) is 0 Å². The Morgan fingerprint density at radius 1 is 1.23 bits per heavy atom. The maximum absolute atomic E-state index is 14.7. The SMILES string of the molecule is C/C(=C\CC(C)C)C1CCC(C2=CCC(C)CC2)C(F)C1F. The van der Waals surface area contributed by atoms with Crippen LogP contribution >= 0.6 is 0 Å². The van der Waals surface area contributed by atoms with Crippen LogP contribution in [0.2, 0.25) is 0 Å². The van der Waals surface area contributed by atoms with Crippen LogP contribution in [0.3, 0.4) is 0 Å². The molecule has 2 heteroatoms. The molecule has 0 heterocycles. The minimum Gasteiger partial charge on any atom is -0.244 e. The van der Waals surface area contributed by atoms with Crippen LogP contribution in [0.4, 0.5) is 8.78 Å². The average Bonchev–Trinajstić information content (AvgIpc) is 2.48. The molecule has 0 aromatic carbocycles. The van der Waals surface area contributed by atoms with Crippen molar-refractivity contribution in [1.29, 1.82) is 0 Å². The second-order valence-electron chi connectivity index (χ2n) is 7.92. The summed E-state index contributed by atoms with van der Waals surface area (Å²) in [7, 11) is 0. The summed E-state index contributed by atoms with van der Waals surface area (Å²) in [6.07, 6.45) is 7.34. The van der Waals surface area contributed by atoms with Crippen molar-refractivity contribution in [1.82, 2.24) is 0 Å². The van der Waals surface area contributed by atoms with E-state index in [1.54, 1.807) is 0 Å². The summed E-state index contributed by atoms with van der Waals surface area (Å²) >= 11 is 0. The Labute approximate surface area is 135 Å². The predicted octanol–water partition coefficient (Wildman–Crippen LogP) is 6.43. The van der Waals surface area contributed by atoms with Crippen molar-refractivity contribution < 1.29 is 8.78 Å². The summed E-state index contributed by atoms with van der Waals surface area (Å²) < 4.78 is 29.3. The molecule has 0 spiro atoms. The van der Waals surface area contributed by atoms with Crippen molar-refractivity contribution in [3.05, 3.63) is 23.3 Å². The molecule has 1 saturated carbocycles. The van der Waals surface area contributed by atoms with Crippen molar-refractivity contribution in [3.63, 3.8) is 0 Å². The fourth-order valence-corrected chi connectivity index (χ4v) is 3.89. The van der Waals surface area contributed by atoms with Gasteiger partial charge in [0.2, 0.25) is 0 Å². The van der Waals surface area contributed by atoms with Crippen LogP contribution in [-0.4, -0.2) is 12.3 Å². The lowest BCUT2D eigenvalue weighted by Crippen LogP contribution is -2.39. The van der Waals surface area contributed by atoms with Gasteiger partial charge < -0.3 is 0 Å². The molecular formula is C20H32F2. The van der Waals surface area contributed by atoms with Gasteiger partial charge in [-0.05, 0) is 57.3 Å². The first-order chi connectivity index (χ1) is 10.4. The zero-order chi connectivity index (χ0) is 16.3. The van der Waals surface area contributed by atoms with E-state index < -0.39 is 12.3 Å². The van der Waals surface area contributed by atoms with Crippen LogP contribution in [0, 0.1) is 23.7 Å². The van der Waals surface area contributed by atoms with Gasteiger partial charge in [0.25, 0.3) is 0 Å². The summed E-state index contributed by atoms with van der Waals surface area (Å²) in [6, 6.07) is 0. The Hall–Kier alpha value is -0.660. The molecule has 0 aromatic heterocycles. The van der Waals surface area contributed by atoms with Crippen LogP contribution in [0.1, 0.15) is 66.2 Å². The first kappa shape index (κ1) is 17.7. The maximum atomic E-state index is 14.7. The van der Waals surface area contributed by atoms with E-state index in [0.29, 0.717) is 11.8 Å². The van der Waals surface area contributed by atoms with E-state index in [9.17, 15) is 8.78 Å². The smallest absolute Gasteiger partial charge is 0.138 e. The molecule has 126 valence electrons. The number of halogens is 2. The minimum atomic E-state index is -1.33. The third kappa shape index (κ3) is 4.20. The van der Waals surface area contributed by atoms with E-state index in [1.165, 1.54) is 5.57 Å². The van der Waals surface area contributed by atoms with Crippen molar-refractivity contribution >= 4 is 0 Å². The normalized spacial score (nSPS) is 37.3. The molecule has 22 heavy (non-hydrogen) atoms. The molecule has 1 fully saturated rings. The van der Waals surface area contributed by atoms with Crippen LogP contribution in [0.15, 0.2) is 23.3 Å². The Morgan fingerprint density at radius 2 is 1.95 bits per heavy atom. The van der Waals surface area contributed by atoms with Gasteiger partial charge in [0.1, 0.15) is 12.3 Å². The van der Waals surface area contributed by atoms with E-state index in [2.05, 4.69) is 32.9 Å². The Kier molecular flexibility index (Phi) is 6.23. The van der Waals surface area contributed by atoms with Crippen molar-refractivity contribution in [2.45, 2.75) is 78.6 Å². The highest BCUT2D eigenvalue weighted by molar-refractivity contribution is 5.18. The summed E-state index contributed by atoms with van der Waals surface area (Å²) in [5.74, 6) is 0.880. The van der Waals surface area contributed by atoms with E-state index in [-0.39, 0.29) is 11.8 Å². The van der Waals surface area contributed by atoms with Gasteiger partial charge >= 0.3 is 0 Å². The third-order valence-electron chi connectivity index (χ3n) is 5.54. The molecule has 0 saturated heterocycles. The van der Waals surface area contributed by atoms with Crippen LogP contribution < -0.4 is 0 Å². The standard InChI is InChI=1S/C20H32F2/c1-13(2)5-8-15(4)17-11-12-18(20(22)19(17)21)16-9-6-14(3)7-10-16/h8-9,13-14,17-20H,5-7,10-12H2,1-4H3/b15-8+. The van der Waals surface area contributed by atoms with Gasteiger partial charge in [0.05, 0.1) is 0 Å². The molecule has 5 unspecified atom stereocenters. The number of hydrogen-bond acceptors (Lipinski definition) is 0. The van der Waals surface area contributed by atoms with Crippen LogP contribution in [0.25, 0.3) is 0 Å². The van der Waals surface area contributed by atoms with Gasteiger partial charge in [-0.1, -0.05) is 44.1 Å². The van der Waals surface area contributed by atoms with Crippen LogP contribution in [0.5, 0.6) is 0 Å². The number of allylic oxidation sites excluding steroid dienone is 4. The fraction of sp³-hybridized carbons (Fsp3) is 0.800. The van der Waals surface area contributed by atoms with Gasteiger partial charge in [-0.2, -0.15) is 0 Å². The highest BCUT2D eigenvalue weighted by Crippen LogP contribution is 2.43.